The average Bonchev–Trinajstić information content (AvgIpc) is 2.46. The highest BCUT2D eigenvalue weighted by Gasteiger charge is 2.28. The summed E-state index contributed by atoms with van der Waals surface area (Å²) in [5.74, 6) is 0. The van der Waals surface area contributed by atoms with Crippen LogP contribution in [0.15, 0.2) is 18.3 Å². The minimum atomic E-state index is -0.443. The number of aromatic nitrogens is 2. The van der Waals surface area contributed by atoms with Crippen LogP contribution in [0.25, 0.3) is 0 Å². The molecule has 6 nitrogen and oxygen atoms in total. The number of carbonyl (C=O) groups excluding carboxylic acids is 1. The van der Waals surface area contributed by atoms with E-state index in [-0.39, 0.29) is 12.1 Å². The molecule has 1 aromatic heterocycles. The minimum Gasteiger partial charge on any atom is -0.444 e. The number of carbonyl (C=O) groups is 1. The summed E-state index contributed by atoms with van der Waals surface area (Å²) in [5.41, 5.74) is 0.518. The molecule has 1 amide bonds. The van der Waals surface area contributed by atoms with Crippen LogP contribution in [-0.2, 0) is 4.74 Å². The molecule has 0 bridgehead atoms. The van der Waals surface area contributed by atoms with Crippen LogP contribution in [-0.4, -0.2) is 57.9 Å². The van der Waals surface area contributed by atoms with Crippen LogP contribution >= 0.6 is 0 Å². The van der Waals surface area contributed by atoms with E-state index in [9.17, 15) is 4.79 Å². The van der Waals surface area contributed by atoms with Crippen molar-refractivity contribution in [3.8, 4) is 0 Å². The SMILES string of the molecule is CC(c1cccnn1)N1CCN(C(=O)OC(C)(C)C)CC1. The summed E-state index contributed by atoms with van der Waals surface area (Å²) in [6.45, 7) is 10.8. The number of nitrogens with zero attached hydrogens (tertiary/aromatic N) is 4. The molecule has 1 aliphatic heterocycles. The average molecular weight is 292 g/mol. The van der Waals surface area contributed by atoms with Crippen LogP contribution < -0.4 is 0 Å². The van der Waals surface area contributed by atoms with Gasteiger partial charge in [0.1, 0.15) is 5.60 Å². The summed E-state index contributed by atoms with van der Waals surface area (Å²) in [7, 11) is 0. The largest absolute Gasteiger partial charge is 0.444 e. The minimum absolute atomic E-state index is 0.208. The molecule has 1 aromatic rings. The topological polar surface area (TPSA) is 58.6 Å². The molecule has 0 N–H and O–H groups in total. The molecule has 0 spiro atoms. The number of ether oxygens (including phenoxy) is 1. The predicted molar refractivity (Wildman–Crippen MR) is 79.8 cm³/mol. The summed E-state index contributed by atoms with van der Waals surface area (Å²) in [4.78, 5) is 16.1. The van der Waals surface area contributed by atoms with E-state index in [1.807, 2.05) is 32.9 Å². The van der Waals surface area contributed by atoms with Crippen molar-refractivity contribution in [2.45, 2.75) is 39.3 Å². The van der Waals surface area contributed by atoms with Crippen LogP contribution in [0, 0.1) is 0 Å². The molecule has 0 saturated carbocycles. The number of piperazine rings is 1. The molecule has 0 aliphatic carbocycles. The zero-order valence-electron chi connectivity index (χ0n) is 13.2. The summed E-state index contributed by atoms with van der Waals surface area (Å²) in [6.07, 6.45) is 1.45. The zero-order chi connectivity index (χ0) is 15.5. The van der Waals surface area contributed by atoms with Crippen LogP contribution in [0.3, 0.4) is 0 Å². The quantitative estimate of drug-likeness (QED) is 0.835. The highest BCUT2D eigenvalue weighted by atomic mass is 16.6. The maximum atomic E-state index is 12.0. The Morgan fingerprint density at radius 3 is 2.48 bits per heavy atom. The Morgan fingerprint density at radius 2 is 1.95 bits per heavy atom. The van der Waals surface area contributed by atoms with E-state index in [1.165, 1.54) is 0 Å². The van der Waals surface area contributed by atoms with E-state index in [2.05, 4.69) is 22.0 Å². The highest BCUT2D eigenvalue weighted by molar-refractivity contribution is 5.68. The van der Waals surface area contributed by atoms with E-state index >= 15 is 0 Å². The first-order chi connectivity index (χ1) is 9.87. The molecule has 6 heteroatoms. The van der Waals surface area contributed by atoms with Crippen LogP contribution in [0.1, 0.15) is 39.4 Å². The molecule has 2 rings (SSSR count). The molecule has 1 unspecified atom stereocenters. The van der Waals surface area contributed by atoms with Crippen molar-refractivity contribution < 1.29 is 9.53 Å². The van der Waals surface area contributed by atoms with E-state index in [0.29, 0.717) is 13.1 Å². The molecule has 1 atom stereocenters. The molecular formula is C15H24N4O2. The first-order valence-electron chi connectivity index (χ1n) is 7.36. The van der Waals surface area contributed by atoms with Crippen LogP contribution in [0.4, 0.5) is 4.79 Å². The second-order valence-electron chi connectivity index (χ2n) is 6.33. The van der Waals surface area contributed by atoms with Gasteiger partial charge in [0.05, 0.1) is 11.7 Å². The van der Waals surface area contributed by atoms with Gasteiger partial charge in [0.15, 0.2) is 0 Å². The third kappa shape index (κ3) is 4.39. The highest BCUT2D eigenvalue weighted by Crippen LogP contribution is 2.20. The maximum Gasteiger partial charge on any atom is 0.410 e. The van der Waals surface area contributed by atoms with Gasteiger partial charge in [-0.1, -0.05) is 0 Å². The van der Waals surface area contributed by atoms with E-state index in [4.69, 9.17) is 4.74 Å². The molecule has 2 heterocycles. The molecule has 1 aliphatic rings. The fourth-order valence-electron chi connectivity index (χ4n) is 2.34. The van der Waals surface area contributed by atoms with Gasteiger partial charge >= 0.3 is 6.09 Å². The summed E-state index contributed by atoms with van der Waals surface area (Å²) >= 11 is 0. The zero-order valence-corrected chi connectivity index (χ0v) is 13.2. The Morgan fingerprint density at radius 1 is 1.29 bits per heavy atom. The number of rotatable bonds is 2. The van der Waals surface area contributed by atoms with Crippen molar-refractivity contribution in [3.05, 3.63) is 24.0 Å². The second kappa shape index (κ2) is 6.39. The molecule has 1 fully saturated rings. The Kier molecular flexibility index (Phi) is 4.77. The van der Waals surface area contributed by atoms with Gasteiger partial charge < -0.3 is 9.64 Å². The van der Waals surface area contributed by atoms with E-state index in [0.717, 1.165) is 18.8 Å². The fraction of sp³-hybridized carbons (Fsp3) is 0.667. The molecule has 21 heavy (non-hydrogen) atoms. The first kappa shape index (κ1) is 15.7. The molecule has 0 aromatic carbocycles. The lowest BCUT2D eigenvalue weighted by Crippen LogP contribution is -2.50. The van der Waals surface area contributed by atoms with Crippen molar-refractivity contribution in [1.82, 2.24) is 20.0 Å². The summed E-state index contributed by atoms with van der Waals surface area (Å²) in [6, 6.07) is 4.09. The van der Waals surface area contributed by atoms with Crippen molar-refractivity contribution in [2.24, 2.45) is 0 Å². The van der Waals surface area contributed by atoms with Crippen molar-refractivity contribution in [2.75, 3.05) is 26.2 Å². The lowest BCUT2D eigenvalue weighted by molar-refractivity contribution is 0.0108. The molecule has 0 radical (unpaired) electrons. The van der Waals surface area contributed by atoms with Gasteiger partial charge in [-0.25, -0.2) is 4.79 Å². The monoisotopic (exact) mass is 292 g/mol. The summed E-state index contributed by atoms with van der Waals surface area (Å²) < 4.78 is 5.40. The van der Waals surface area contributed by atoms with Crippen molar-refractivity contribution in [1.29, 1.82) is 0 Å². The van der Waals surface area contributed by atoms with Gasteiger partial charge in [-0.3, -0.25) is 4.90 Å². The number of hydrogen-bond acceptors (Lipinski definition) is 5. The smallest absolute Gasteiger partial charge is 0.410 e. The normalized spacial score (nSPS) is 18.4. The lowest BCUT2D eigenvalue weighted by atomic mass is 10.1. The maximum absolute atomic E-state index is 12.0. The Balaban J connectivity index is 1.87. The Bertz CT molecular complexity index is 464. The molecule has 116 valence electrons. The van der Waals surface area contributed by atoms with Gasteiger partial charge in [-0.05, 0) is 39.8 Å². The Hall–Kier alpha value is -1.69. The summed E-state index contributed by atoms with van der Waals surface area (Å²) in [5, 5.41) is 8.08. The standard InChI is InChI=1S/C15H24N4O2/c1-12(13-6-5-7-16-17-13)18-8-10-19(11-9-18)14(20)21-15(2,3)4/h5-7,12H,8-11H2,1-4H3. The van der Waals surface area contributed by atoms with Gasteiger partial charge in [-0.15, -0.1) is 0 Å². The van der Waals surface area contributed by atoms with Crippen molar-refractivity contribution >= 4 is 6.09 Å². The number of hydrogen-bond donors (Lipinski definition) is 0. The second-order valence-corrected chi connectivity index (χ2v) is 6.33. The van der Waals surface area contributed by atoms with Crippen LogP contribution in [0.5, 0.6) is 0 Å². The third-order valence-electron chi connectivity index (χ3n) is 3.53. The lowest BCUT2D eigenvalue weighted by Gasteiger charge is -2.38. The van der Waals surface area contributed by atoms with Gasteiger partial charge in [-0.2, -0.15) is 10.2 Å². The number of amides is 1. The van der Waals surface area contributed by atoms with Crippen LogP contribution in [0.2, 0.25) is 0 Å². The van der Waals surface area contributed by atoms with Crippen molar-refractivity contribution in [3.63, 3.8) is 0 Å². The van der Waals surface area contributed by atoms with Gasteiger partial charge in [0.25, 0.3) is 0 Å². The Labute approximate surface area is 126 Å². The molecular weight excluding hydrogens is 268 g/mol. The third-order valence-corrected chi connectivity index (χ3v) is 3.53. The van der Waals surface area contributed by atoms with Gasteiger partial charge in [0.2, 0.25) is 0 Å². The van der Waals surface area contributed by atoms with E-state index < -0.39 is 5.60 Å². The fourth-order valence-corrected chi connectivity index (χ4v) is 2.34. The predicted octanol–water partition coefficient (Wildman–Crippen LogP) is 2.09. The van der Waals surface area contributed by atoms with Gasteiger partial charge in [0, 0.05) is 32.4 Å². The first-order valence-corrected chi connectivity index (χ1v) is 7.36. The molecule has 1 saturated heterocycles. The van der Waals surface area contributed by atoms with E-state index in [1.54, 1.807) is 11.1 Å².